The highest BCUT2D eigenvalue weighted by molar-refractivity contribution is 6.31. The molecule has 18 heavy (non-hydrogen) atoms. The van der Waals surface area contributed by atoms with Crippen LogP contribution in [0.25, 0.3) is 0 Å². The first-order chi connectivity index (χ1) is 8.63. The summed E-state index contributed by atoms with van der Waals surface area (Å²) in [6, 6.07) is 4.09. The molecule has 1 rings (SSSR count). The molecule has 0 fully saturated rings. The van der Waals surface area contributed by atoms with Crippen molar-refractivity contribution in [3.63, 3.8) is 0 Å². The minimum absolute atomic E-state index is 0.414. The zero-order valence-electron chi connectivity index (χ0n) is 11.5. The molecule has 0 aromatic carbocycles. The molecule has 0 saturated heterocycles. The van der Waals surface area contributed by atoms with Gasteiger partial charge in [0.2, 0.25) is 5.88 Å². The van der Waals surface area contributed by atoms with E-state index in [4.69, 9.17) is 16.3 Å². The Morgan fingerprint density at radius 2 is 2.11 bits per heavy atom. The van der Waals surface area contributed by atoms with E-state index in [1.165, 1.54) is 12.8 Å². The maximum Gasteiger partial charge on any atom is 0.213 e. The van der Waals surface area contributed by atoms with E-state index < -0.39 is 0 Å². The smallest absolute Gasteiger partial charge is 0.213 e. The molecule has 102 valence electrons. The second-order valence-electron chi connectivity index (χ2n) is 4.67. The number of halogens is 1. The van der Waals surface area contributed by atoms with Gasteiger partial charge >= 0.3 is 0 Å². The van der Waals surface area contributed by atoms with Crippen LogP contribution in [0, 0.1) is 0 Å². The Morgan fingerprint density at radius 3 is 2.78 bits per heavy atom. The molecule has 0 atom stereocenters. The predicted molar refractivity (Wildman–Crippen MR) is 76.2 cm³/mol. The largest absolute Gasteiger partial charge is 0.478 e. The lowest BCUT2D eigenvalue weighted by molar-refractivity contribution is 0.294. The first-order valence-corrected chi connectivity index (χ1v) is 7.03. The number of ether oxygens (including phenoxy) is 1. The number of pyridine rings is 1. The van der Waals surface area contributed by atoms with Crippen LogP contribution in [0.1, 0.15) is 45.7 Å². The molecule has 0 saturated carbocycles. The van der Waals surface area contributed by atoms with E-state index in [-0.39, 0.29) is 0 Å². The minimum Gasteiger partial charge on any atom is -0.478 e. The van der Waals surface area contributed by atoms with E-state index in [2.05, 4.69) is 31.1 Å². The summed E-state index contributed by atoms with van der Waals surface area (Å²) in [7, 11) is 0. The maximum atomic E-state index is 6.11. The van der Waals surface area contributed by atoms with Crippen LogP contribution in [-0.2, 0) is 6.54 Å². The standard InChI is InChI=1S/C14H23ClN2O/c1-4-5-6-9-18-14-8-7-12(15)13(17-14)10-16-11(2)3/h7-8,11,16H,4-6,9-10H2,1-3H3. The molecule has 0 bridgehead atoms. The fourth-order valence-corrected chi connectivity index (χ4v) is 1.67. The van der Waals surface area contributed by atoms with Gasteiger partial charge in [-0.1, -0.05) is 45.2 Å². The van der Waals surface area contributed by atoms with E-state index >= 15 is 0 Å². The third-order valence-electron chi connectivity index (χ3n) is 2.57. The molecule has 3 nitrogen and oxygen atoms in total. The zero-order valence-corrected chi connectivity index (χ0v) is 12.3. The van der Waals surface area contributed by atoms with Gasteiger partial charge in [-0.05, 0) is 12.5 Å². The highest BCUT2D eigenvalue weighted by Gasteiger charge is 2.05. The monoisotopic (exact) mass is 270 g/mol. The molecule has 0 aliphatic heterocycles. The van der Waals surface area contributed by atoms with E-state index in [1.54, 1.807) is 0 Å². The minimum atomic E-state index is 0.414. The Hall–Kier alpha value is -0.800. The summed E-state index contributed by atoms with van der Waals surface area (Å²) >= 11 is 6.11. The molecular weight excluding hydrogens is 248 g/mol. The Labute approximate surface area is 115 Å². The van der Waals surface area contributed by atoms with Gasteiger partial charge in [0.05, 0.1) is 17.3 Å². The van der Waals surface area contributed by atoms with E-state index in [9.17, 15) is 0 Å². The van der Waals surface area contributed by atoms with Gasteiger partial charge in [0.15, 0.2) is 0 Å². The first kappa shape index (κ1) is 15.3. The summed E-state index contributed by atoms with van der Waals surface area (Å²) < 4.78 is 5.61. The molecule has 4 heteroatoms. The second-order valence-corrected chi connectivity index (χ2v) is 5.08. The van der Waals surface area contributed by atoms with Crippen molar-refractivity contribution < 1.29 is 4.74 Å². The van der Waals surface area contributed by atoms with E-state index in [0.717, 1.165) is 18.7 Å². The van der Waals surface area contributed by atoms with Gasteiger partial charge < -0.3 is 10.1 Å². The van der Waals surface area contributed by atoms with Crippen LogP contribution in [0.4, 0.5) is 0 Å². The van der Waals surface area contributed by atoms with Crippen molar-refractivity contribution in [3.8, 4) is 5.88 Å². The van der Waals surface area contributed by atoms with Crippen molar-refractivity contribution in [2.75, 3.05) is 6.61 Å². The van der Waals surface area contributed by atoms with Gasteiger partial charge in [0, 0.05) is 18.7 Å². The lowest BCUT2D eigenvalue weighted by Crippen LogP contribution is -2.22. The van der Waals surface area contributed by atoms with Crippen LogP contribution >= 0.6 is 11.6 Å². The van der Waals surface area contributed by atoms with Crippen molar-refractivity contribution in [2.45, 2.75) is 52.6 Å². The number of hydrogen-bond acceptors (Lipinski definition) is 3. The molecule has 0 amide bonds. The number of nitrogens with zero attached hydrogens (tertiary/aromatic N) is 1. The van der Waals surface area contributed by atoms with E-state index in [0.29, 0.717) is 23.5 Å². The predicted octanol–water partition coefficient (Wildman–Crippen LogP) is 3.80. The fourth-order valence-electron chi connectivity index (χ4n) is 1.50. The fraction of sp³-hybridized carbons (Fsp3) is 0.643. The second kappa shape index (κ2) is 8.33. The number of unbranched alkanes of at least 4 members (excludes halogenated alkanes) is 2. The van der Waals surface area contributed by atoms with Crippen LogP contribution in [0.5, 0.6) is 5.88 Å². The normalized spacial score (nSPS) is 10.9. The Kier molecular flexibility index (Phi) is 7.06. The molecule has 1 N–H and O–H groups in total. The third-order valence-corrected chi connectivity index (χ3v) is 2.91. The molecular formula is C14H23ClN2O. The molecule has 1 aromatic rings. The molecule has 1 aromatic heterocycles. The molecule has 0 aliphatic rings. The van der Waals surface area contributed by atoms with Crippen molar-refractivity contribution >= 4 is 11.6 Å². The van der Waals surface area contributed by atoms with Crippen LogP contribution in [0.3, 0.4) is 0 Å². The van der Waals surface area contributed by atoms with Crippen molar-refractivity contribution in [2.24, 2.45) is 0 Å². The lowest BCUT2D eigenvalue weighted by Gasteiger charge is -2.11. The topological polar surface area (TPSA) is 34.1 Å². The average molecular weight is 271 g/mol. The number of aromatic nitrogens is 1. The van der Waals surface area contributed by atoms with Gasteiger partial charge in [-0.2, -0.15) is 0 Å². The Bertz CT molecular complexity index is 356. The van der Waals surface area contributed by atoms with Gasteiger partial charge in [-0.15, -0.1) is 0 Å². The number of rotatable bonds is 8. The molecule has 1 heterocycles. The Morgan fingerprint density at radius 1 is 1.33 bits per heavy atom. The third kappa shape index (κ3) is 5.69. The van der Waals surface area contributed by atoms with E-state index in [1.807, 2.05) is 12.1 Å². The summed E-state index contributed by atoms with van der Waals surface area (Å²) in [6.45, 7) is 7.76. The molecule has 0 radical (unpaired) electrons. The van der Waals surface area contributed by atoms with Crippen molar-refractivity contribution in [3.05, 3.63) is 22.8 Å². The van der Waals surface area contributed by atoms with Gasteiger partial charge in [0.1, 0.15) is 0 Å². The molecule has 0 aliphatic carbocycles. The van der Waals surface area contributed by atoms with Crippen molar-refractivity contribution in [1.82, 2.24) is 10.3 Å². The van der Waals surface area contributed by atoms with Crippen LogP contribution in [0.2, 0.25) is 5.02 Å². The van der Waals surface area contributed by atoms with Gasteiger partial charge in [0.25, 0.3) is 0 Å². The SMILES string of the molecule is CCCCCOc1ccc(Cl)c(CNC(C)C)n1. The van der Waals surface area contributed by atoms with Crippen LogP contribution in [0.15, 0.2) is 12.1 Å². The lowest BCUT2D eigenvalue weighted by atomic mass is 10.3. The number of nitrogens with one attached hydrogen (secondary N) is 1. The molecule has 0 spiro atoms. The maximum absolute atomic E-state index is 6.11. The summed E-state index contributed by atoms with van der Waals surface area (Å²) in [6.07, 6.45) is 3.46. The zero-order chi connectivity index (χ0) is 13.4. The summed E-state index contributed by atoms with van der Waals surface area (Å²) in [5.41, 5.74) is 0.846. The highest BCUT2D eigenvalue weighted by atomic mass is 35.5. The summed E-state index contributed by atoms with van der Waals surface area (Å²) in [5.74, 6) is 0.663. The van der Waals surface area contributed by atoms with Crippen LogP contribution < -0.4 is 10.1 Å². The Balaban J connectivity index is 2.51. The number of hydrogen-bond donors (Lipinski definition) is 1. The first-order valence-electron chi connectivity index (χ1n) is 6.65. The summed E-state index contributed by atoms with van der Waals surface area (Å²) in [5, 5.41) is 3.99. The molecule has 0 unspecified atom stereocenters. The summed E-state index contributed by atoms with van der Waals surface area (Å²) in [4.78, 5) is 4.43. The van der Waals surface area contributed by atoms with Crippen LogP contribution in [-0.4, -0.2) is 17.6 Å². The van der Waals surface area contributed by atoms with Gasteiger partial charge in [-0.25, -0.2) is 4.98 Å². The average Bonchev–Trinajstić information content (AvgIpc) is 2.34. The highest BCUT2D eigenvalue weighted by Crippen LogP contribution is 2.18. The van der Waals surface area contributed by atoms with Crippen molar-refractivity contribution in [1.29, 1.82) is 0 Å². The van der Waals surface area contributed by atoms with Gasteiger partial charge in [-0.3, -0.25) is 0 Å². The quantitative estimate of drug-likeness (QED) is 0.730.